The van der Waals surface area contributed by atoms with Crippen molar-refractivity contribution in [1.82, 2.24) is 10.2 Å². The Bertz CT molecular complexity index is 610. The molecule has 0 amide bonds. The van der Waals surface area contributed by atoms with Gasteiger partial charge in [-0.2, -0.15) is 0 Å². The Kier molecular flexibility index (Phi) is 2.78. The van der Waals surface area contributed by atoms with Gasteiger partial charge in [0.2, 0.25) is 0 Å². The van der Waals surface area contributed by atoms with Gasteiger partial charge in [-0.15, -0.1) is 0 Å². The molecule has 1 atom stereocenters. The minimum Gasteiger partial charge on any atom is -0.344 e. The lowest BCUT2D eigenvalue weighted by Gasteiger charge is -2.17. The summed E-state index contributed by atoms with van der Waals surface area (Å²) in [6.45, 7) is 6.36. The molecule has 1 aromatic carbocycles. The Balaban J connectivity index is 2.01. The first-order chi connectivity index (χ1) is 8.99. The van der Waals surface area contributed by atoms with E-state index in [1.807, 2.05) is 11.8 Å². The fourth-order valence-electron chi connectivity index (χ4n) is 2.83. The fraction of sp³-hybridized carbons (Fsp3) is 0.286. The molecular weight excluding hydrogens is 270 g/mol. The van der Waals surface area contributed by atoms with Crippen molar-refractivity contribution < 1.29 is 8.78 Å². The van der Waals surface area contributed by atoms with E-state index in [4.69, 9.17) is 11.6 Å². The quantitative estimate of drug-likeness (QED) is 0.790. The number of allylic oxidation sites excluding steroid dienone is 2. The van der Waals surface area contributed by atoms with E-state index in [9.17, 15) is 8.78 Å². The molecule has 3 rings (SSSR count). The van der Waals surface area contributed by atoms with Gasteiger partial charge in [-0.25, -0.2) is 8.78 Å². The molecule has 2 aliphatic rings. The van der Waals surface area contributed by atoms with Gasteiger partial charge in [0.15, 0.2) is 0 Å². The second kappa shape index (κ2) is 4.23. The van der Waals surface area contributed by atoms with Crippen molar-refractivity contribution in [1.29, 1.82) is 0 Å². The van der Waals surface area contributed by atoms with Gasteiger partial charge >= 0.3 is 0 Å². The number of nitrogens with one attached hydrogen (secondary N) is 1. The van der Waals surface area contributed by atoms with Crippen LogP contribution in [0.4, 0.5) is 8.78 Å². The Morgan fingerprint density at radius 1 is 1.42 bits per heavy atom. The van der Waals surface area contributed by atoms with Crippen LogP contribution >= 0.6 is 11.6 Å². The van der Waals surface area contributed by atoms with Gasteiger partial charge in [-0.1, -0.05) is 18.2 Å². The van der Waals surface area contributed by atoms with Crippen molar-refractivity contribution in [3.05, 3.63) is 58.1 Å². The maximum absolute atomic E-state index is 14.0. The van der Waals surface area contributed by atoms with Gasteiger partial charge in [0.05, 0.1) is 5.02 Å². The Labute approximate surface area is 115 Å². The van der Waals surface area contributed by atoms with E-state index in [0.29, 0.717) is 13.0 Å². The summed E-state index contributed by atoms with van der Waals surface area (Å²) in [6, 6.07) is 2.47. The Hall–Kier alpha value is -1.55. The summed E-state index contributed by atoms with van der Waals surface area (Å²) in [7, 11) is 0. The van der Waals surface area contributed by atoms with Crippen molar-refractivity contribution in [3.8, 4) is 0 Å². The van der Waals surface area contributed by atoms with Gasteiger partial charge in [0, 0.05) is 29.4 Å². The van der Waals surface area contributed by atoms with Crippen molar-refractivity contribution in [2.75, 3.05) is 6.54 Å². The molecule has 2 heterocycles. The van der Waals surface area contributed by atoms with E-state index in [2.05, 4.69) is 11.9 Å². The van der Waals surface area contributed by atoms with Crippen LogP contribution in [-0.4, -0.2) is 11.4 Å². The molecule has 2 aliphatic heterocycles. The average Bonchev–Trinajstić information content (AvgIpc) is 2.88. The summed E-state index contributed by atoms with van der Waals surface area (Å²) in [4.78, 5) is 1.97. The molecule has 0 aromatic heterocycles. The first-order valence-corrected chi connectivity index (χ1v) is 6.43. The van der Waals surface area contributed by atoms with Gasteiger partial charge in [0.25, 0.3) is 0 Å². The highest BCUT2D eigenvalue weighted by Crippen LogP contribution is 2.42. The third-order valence-electron chi connectivity index (χ3n) is 3.75. The van der Waals surface area contributed by atoms with Crippen LogP contribution in [0.15, 0.2) is 35.9 Å². The van der Waals surface area contributed by atoms with E-state index in [1.54, 1.807) is 0 Å². The lowest BCUT2D eigenvalue weighted by Crippen LogP contribution is -2.20. The molecule has 1 fully saturated rings. The van der Waals surface area contributed by atoms with Gasteiger partial charge in [-0.3, -0.25) is 0 Å². The van der Waals surface area contributed by atoms with E-state index in [-0.39, 0.29) is 16.5 Å². The number of nitrogens with zero attached hydrogens (tertiary/aromatic N) is 1. The lowest BCUT2D eigenvalue weighted by atomic mass is 9.96. The largest absolute Gasteiger partial charge is 0.344 e. The average molecular weight is 283 g/mol. The number of hydrogen-bond acceptors (Lipinski definition) is 2. The standard InChI is InChI=1S/C14H13ClF2N2/c1-7-12-5-9(6-19(12)8(2)18-7)13-11(16)4-3-10(15)14(13)17/h3-4,9,18H,2,5-6H2,1H3/t9-/m1/s1. The molecule has 0 aliphatic carbocycles. The van der Waals surface area contributed by atoms with Gasteiger partial charge in [0.1, 0.15) is 17.5 Å². The molecule has 0 radical (unpaired) electrons. The monoisotopic (exact) mass is 282 g/mol. The maximum atomic E-state index is 14.0. The molecule has 1 N–H and O–H groups in total. The van der Waals surface area contributed by atoms with Gasteiger partial charge in [-0.05, 0) is 25.5 Å². The fourth-order valence-corrected chi connectivity index (χ4v) is 3.00. The zero-order valence-electron chi connectivity index (χ0n) is 10.4. The predicted molar refractivity (Wildman–Crippen MR) is 70.4 cm³/mol. The van der Waals surface area contributed by atoms with Gasteiger partial charge < -0.3 is 10.2 Å². The van der Waals surface area contributed by atoms with Crippen LogP contribution in [0.3, 0.4) is 0 Å². The maximum Gasteiger partial charge on any atom is 0.148 e. The molecular formula is C14H13ClF2N2. The zero-order chi connectivity index (χ0) is 13.7. The van der Waals surface area contributed by atoms with Crippen LogP contribution in [0.5, 0.6) is 0 Å². The van der Waals surface area contributed by atoms with Crippen molar-refractivity contribution in [3.63, 3.8) is 0 Å². The van der Waals surface area contributed by atoms with E-state index < -0.39 is 11.6 Å². The number of halogens is 3. The van der Waals surface area contributed by atoms with Crippen molar-refractivity contribution in [2.24, 2.45) is 0 Å². The summed E-state index contributed by atoms with van der Waals surface area (Å²) in [5.41, 5.74) is 2.12. The summed E-state index contributed by atoms with van der Waals surface area (Å²) < 4.78 is 27.9. The third kappa shape index (κ3) is 1.82. The predicted octanol–water partition coefficient (Wildman–Crippen LogP) is 3.71. The molecule has 0 saturated carbocycles. The second-order valence-corrected chi connectivity index (χ2v) is 5.32. The molecule has 0 bridgehead atoms. The van der Waals surface area contributed by atoms with E-state index in [0.717, 1.165) is 17.2 Å². The first-order valence-electron chi connectivity index (χ1n) is 6.05. The highest BCUT2D eigenvalue weighted by atomic mass is 35.5. The summed E-state index contributed by atoms with van der Waals surface area (Å²) in [6.07, 6.45) is 0.589. The topological polar surface area (TPSA) is 15.3 Å². The van der Waals surface area contributed by atoms with Crippen molar-refractivity contribution >= 4 is 11.6 Å². The van der Waals surface area contributed by atoms with Crippen LogP contribution in [0, 0.1) is 11.6 Å². The molecule has 1 saturated heterocycles. The molecule has 0 spiro atoms. The molecule has 0 unspecified atom stereocenters. The number of rotatable bonds is 1. The lowest BCUT2D eigenvalue weighted by molar-refractivity contribution is 0.461. The summed E-state index contributed by atoms with van der Waals surface area (Å²) >= 11 is 5.75. The highest BCUT2D eigenvalue weighted by molar-refractivity contribution is 6.30. The first kappa shape index (κ1) is 12.5. The minimum atomic E-state index is -0.648. The molecule has 19 heavy (non-hydrogen) atoms. The molecule has 2 nitrogen and oxygen atoms in total. The van der Waals surface area contributed by atoms with Crippen LogP contribution in [0.25, 0.3) is 0 Å². The smallest absolute Gasteiger partial charge is 0.148 e. The third-order valence-corrected chi connectivity index (χ3v) is 4.04. The SMILES string of the molecule is C=C1NC(C)=C2C[C@@H](c3c(F)ccc(Cl)c3F)CN12. The molecule has 1 aromatic rings. The summed E-state index contributed by atoms with van der Waals surface area (Å²) in [5.74, 6) is -0.657. The number of fused-ring (bicyclic) bond motifs is 1. The highest BCUT2D eigenvalue weighted by Gasteiger charge is 2.37. The van der Waals surface area contributed by atoms with Crippen LogP contribution < -0.4 is 5.32 Å². The van der Waals surface area contributed by atoms with Crippen molar-refractivity contribution in [2.45, 2.75) is 19.3 Å². The number of hydrogen-bond donors (Lipinski definition) is 1. The number of benzene rings is 1. The molecule has 5 heteroatoms. The molecule has 100 valence electrons. The minimum absolute atomic E-state index is 0.0360. The van der Waals surface area contributed by atoms with E-state index >= 15 is 0 Å². The second-order valence-electron chi connectivity index (χ2n) is 4.91. The zero-order valence-corrected chi connectivity index (χ0v) is 11.2. The van der Waals surface area contributed by atoms with Crippen LogP contribution in [0.2, 0.25) is 5.02 Å². The van der Waals surface area contributed by atoms with Crippen LogP contribution in [-0.2, 0) is 0 Å². The van der Waals surface area contributed by atoms with E-state index in [1.165, 1.54) is 12.1 Å². The normalized spacial score (nSPS) is 22.0. The van der Waals surface area contributed by atoms with Crippen LogP contribution in [0.1, 0.15) is 24.8 Å². The Morgan fingerprint density at radius 3 is 2.84 bits per heavy atom. The Morgan fingerprint density at radius 2 is 2.16 bits per heavy atom. The summed E-state index contributed by atoms with van der Waals surface area (Å²) in [5, 5.41) is 3.09.